The summed E-state index contributed by atoms with van der Waals surface area (Å²) in [6.45, 7) is 5.72. The summed E-state index contributed by atoms with van der Waals surface area (Å²) in [4.78, 5) is 4.14. The zero-order chi connectivity index (χ0) is 11.0. The van der Waals surface area contributed by atoms with Crippen molar-refractivity contribution in [1.82, 2.24) is 5.32 Å². The fourth-order valence-corrected chi connectivity index (χ4v) is 1.40. The third-order valence-corrected chi connectivity index (χ3v) is 2.32. The van der Waals surface area contributed by atoms with Crippen LogP contribution in [-0.2, 0) is 4.74 Å². The molecule has 0 aliphatic rings. The van der Waals surface area contributed by atoms with E-state index in [2.05, 4.69) is 17.2 Å². The normalized spacial score (nSPS) is 16.8. The van der Waals surface area contributed by atoms with Crippen LogP contribution in [0.4, 0.5) is 0 Å². The highest BCUT2D eigenvalue weighted by atomic mass is 16.5. The van der Waals surface area contributed by atoms with Gasteiger partial charge in [0.05, 0.1) is 0 Å². The molecule has 0 aromatic carbocycles. The molecule has 0 aliphatic carbocycles. The first-order valence-electron chi connectivity index (χ1n) is 5.06. The van der Waals surface area contributed by atoms with Gasteiger partial charge >= 0.3 is 0 Å². The van der Waals surface area contributed by atoms with Crippen molar-refractivity contribution >= 4 is 5.71 Å². The molecule has 4 nitrogen and oxygen atoms in total. The maximum Gasteiger partial charge on any atom is 0.109 e. The zero-order valence-electron chi connectivity index (χ0n) is 9.71. The molecule has 0 aromatic rings. The van der Waals surface area contributed by atoms with E-state index in [1.54, 1.807) is 14.2 Å². The van der Waals surface area contributed by atoms with Crippen LogP contribution in [0.5, 0.6) is 0 Å². The van der Waals surface area contributed by atoms with Crippen LogP contribution in [0.25, 0.3) is 0 Å². The van der Waals surface area contributed by atoms with E-state index in [-0.39, 0.29) is 12.1 Å². The molecule has 0 aliphatic heterocycles. The molecule has 0 spiro atoms. The van der Waals surface area contributed by atoms with Gasteiger partial charge in [0, 0.05) is 25.9 Å². The van der Waals surface area contributed by atoms with Gasteiger partial charge in [-0.15, -0.1) is 0 Å². The van der Waals surface area contributed by atoms with Crippen LogP contribution in [-0.4, -0.2) is 45.1 Å². The fraction of sp³-hybridized carbons (Fsp3) is 0.900. The Kier molecular flexibility index (Phi) is 7.65. The average molecular weight is 201 g/mol. The number of aliphatic imine (C=N–C) groups is 1. The Morgan fingerprint density at radius 2 is 2.21 bits per heavy atom. The van der Waals surface area contributed by atoms with Gasteiger partial charge in [-0.1, -0.05) is 0 Å². The van der Waals surface area contributed by atoms with E-state index in [1.165, 1.54) is 0 Å². The number of nitrogens with one attached hydrogen (secondary N) is 1. The number of rotatable bonds is 7. The van der Waals surface area contributed by atoms with Crippen molar-refractivity contribution in [2.45, 2.75) is 32.4 Å². The lowest BCUT2D eigenvalue weighted by molar-refractivity contribution is 0.125. The third-order valence-electron chi connectivity index (χ3n) is 2.32. The highest BCUT2D eigenvalue weighted by molar-refractivity contribution is 5.86. The molecule has 84 valence electrons. The molecule has 0 fully saturated rings. The maximum atomic E-state index is 5.41. The van der Waals surface area contributed by atoms with Crippen LogP contribution in [0.2, 0.25) is 0 Å². The summed E-state index contributed by atoms with van der Waals surface area (Å²) in [7, 11) is 3.49. The molecule has 0 aromatic heterocycles. The fourth-order valence-electron chi connectivity index (χ4n) is 1.40. The molecule has 0 saturated heterocycles. The van der Waals surface area contributed by atoms with E-state index in [4.69, 9.17) is 10.5 Å². The van der Waals surface area contributed by atoms with Crippen LogP contribution in [0, 0.1) is 0 Å². The molecule has 0 rings (SSSR count). The maximum absolute atomic E-state index is 5.41. The highest BCUT2D eigenvalue weighted by Crippen LogP contribution is 2.01. The molecule has 0 bridgehead atoms. The standard InChI is InChI=1S/C10H23N3O/c1-8(12-3)10(14-4)9(2)13-7-5-6-11/h9-10,13H,5-7,11H2,1-4H3. The molecule has 0 heterocycles. The van der Waals surface area contributed by atoms with E-state index >= 15 is 0 Å². The molecule has 4 heteroatoms. The Hall–Kier alpha value is -0.450. The number of nitrogens with zero attached hydrogens (tertiary/aromatic N) is 1. The van der Waals surface area contributed by atoms with Crippen LogP contribution < -0.4 is 11.1 Å². The van der Waals surface area contributed by atoms with Gasteiger partial charge in [-0.05, 0) is 33.4 Å². The minimum absolute atomic E-state index is 0.0535. The molecule has 14 heavy (non-hydrogen) atoms. The van der Waals surface area contributed by atoms with E-state index in [0.717, 1.165) is 25.2 Å². The van der Waals surface area contributed by atoms with Crippen molar-refractivity contribution in [1.29, 1.82) is 0 Å². The van der Waals surface area contributed by atoms with Crippen molar-refractivity contribution in [3.63, 3.8) is 0 Å². The number of nitrogens with two attached hydrogens (primary N) is 1. The lowest BCUT2D eigenvalue weighted by atomic mass is 10.1. The minimum atomic E-state index is 0.0535. The summed E-state index contributed by atoms with van der Waals surface area (Å²) in [6, 6.07) is 0.273. The lowest BCUT2D eigenvalue weighted by Crippen LogP contribution is -2.43. The molecule has 0 amide bonds. The van der Waals surface area contributed by atoms with E-state index in [0.29, 0.717) is 0 Å². The lowest BCUT2D eigenvalue weighted by Gasteiger charge is -2.23. The van der Waals surface area contributed by atoms with Gasteiger partial charge in [0.15, 0.2) is 0 Å². The minimum Gasteiger partial charge on any atom is -0.374 e. The van der Waals surface area contributed by atoms with Crippen LogP contribution >= 0.6 is 0 Å². The van der Waals surface area contributed by atoms with Gasteiger partial charge in [-0.3, -0.25) is 4.99 Å². The number of hydrogen-bond acceptors (Lipinski definition) is 4. The van der Waals surface area contributed by atoms with Crippen molar-refractivity contribution in [3.05, 3.63) is 0 Å². The summed E-state index contributed by atoms with van der Waals surface area (Å²) in [6.07, 6.45) is 1.04. The van der Waals surface area contributed by atoms with Gasteiger partial charge in [0.25, 0.3) is 0 Å². The molecule has 2 atom stereocenters. The summed E-state index contributed by atoms with van der Waals surface area (Å²) in [5.41, 5.74) is 6.43. The second kappa shape index (κ2) is 7.91. The Bertz CT molecular complexity index is 171. The van der Waals surface area contributed by atoms with E-state index in [1.807, 2.05) is 6.92 Å². The average Bonchev–Trinajstić information content (AvgIpc) is 2.19. The van der Waals surface area contributed by atoms with Gasteiger partial charge in [-0.2, -0.15) is 0 Å². The van der Waals surface area contributed by atoms with Gasteiger partial charge in [-0.25, -0.2) is 0 Å². The zero-order valence-corrected chi connectivity index (χ0v) is 9.71. The smallest absolute Gasteiger partial charge is 0.109 e. The Labute approximate surface area is 86.9 Å². The number of methoxy groups -OCH3 is 1. The highest BCUT2D eigenvalue weighted by Gasteiger charge is 2.18. The summed E-state index contributed by atoms with van der Waals surface area (Å²) >= 11 is 0. The first-order chi connectivity index (χ1) is 6.67. The molecule has 0 radical (unpaired) electrons. The third kappa shape index (κ3) is 4.69. The van der Waals surface area contributed by atoms with Crippen LogP contribution in [0.1, 0.15) is 20.3 Å². The van der Waals surface area contributed by atoms with Crippen molar-refractivity contribution in [2.75, 3.05) is 27.2 Å². The topological polar surface area (TPSA) is 59.6 Å². The Morgan fingerprint density at radius 3 is 2.64 bits per heavy atom. The van der Waals surface area contributed by atoms with Gasteiger partial charge in [0.2, 0.25) is 0 Å². The van der Waals surface area contributed by atoms with E-state index in [9.17, 15) is 0 Å². The summed E-state index contributed by atoms with van der Waals surface area (Å²) < 4.78 is 5.37. The van der Waals surface area contributed by atoms with Gasteiger partial charge < -0.3 is 15.8 Å². The Balaban J connectivity index is 3.98. The summed E-state index contributed by atoms with van der Waals surface area (Å²) in [5, 5.41) is 3.36. The SMILES string of the molecule is CN=C(C)C(OC)C(C)NCCCN. The second-order valence-electron chi connectivity index (χ2n) is 3.41. The molecule has 0 saturated carbocycles. The largest absolute Gasteiger partial charge is 0.374 e. The molecular weight excluding hydrogens is 178 g/mol. The first kappa shape index (κ1) is 13.5. The van der Waals surface area contributed by atoms with Crippen molar-refractivity contribution < 1.29 is 4.74 Å². The van der Waals surface area contributed by atoms with Crippen LogP contribution in [0.15, 0.2) is 4.99 Å². The molecule has 2 unspecified atom stereocenters. The molecule has 3 N–H and O–H groups in total. The second-order valence-corrected chi connectivity index (χ2v) is 3.41. The number of hydrogen-bond donors (Lipinski definition) is 2. The Morgan fingerprint density at radius 1 is 1.57 bits per heavy atom. The predicted molar refractivity (Wildman–Crippen MR) is 61.0 cm³/mol. The van der Waals surface area contributed by atoms with Crippen LogP contribution in [0.3, 0.4) is 0 Å². The van der Waals surface area contributed by atoms with Crippen molar-refractivity contribution in [3.8, 4) is 0 Å². The quantitative estimate of drug-likeness (QED) is 0.463. The van der Waals surface area contributed by atoms with E-state index < -0.39 is 0 Å². The monoisotopic (exact) mass is 201 g/mol. The number of ether oxygens (including phenoxy) is 1. The molecular formula is C10H23N3O. The first-order valence-corrected chi connectivity index (χ1v) is 5.06. The van der Waals surface area contributed by atoms with Gasteiger partial charge in [0.1, 0.15) is 6.10 Å². The summed E-state index contributed by atoms with van der Waals surface area (Å²) in [5.74, 6) is 0. The predicted octanol–water partition coefficient (Wildman–Crippen LogP) is 0.419. The van der Waals surface area contributed by atoms with Crippen molar-refractivity contribution in [2.24, 2.45) is 10.7 Å².